The van der Waals surface area contributed by atoms with Gasteiger partial charge in [-0.05, 0) is 95.5 Å². The van der Waals surface area contributed by atoms with Gasteiger partial charge in [0.2, 0.25) is 5.79 Å². The Morgan fingerprint density at radius 3 is 2.35 bits per heavy atom. The number of carbonyl (C=O) groups is 4. The molecule has 1 saturated carbocycles. The zero-order chi connectivity index (χ0) is 40.8. The van der Waals surface area contributed by atoms with Crippen LogP contribution in [0.1, 0.15) is 105 Å². The fourth-order valence-electron chi connectivity index (χ4n) is 8.96. The number of cyclic esters (lactones) is 1. The second-order valence-electron chi connectivity index (χ2n) is 16.9. The summed E-state index contributed by atoms with van der Waals surface area (Å²) in [5.74, 6) is -8.26. The van der Waals surface area contributed by atoms with Crippen LogP contribution in [0.15, 0.2) is 36.0 Å². The molecule has 13 nitrogen and oxygen atoms in total. The highest BCUT2D eigenvalue weighted by molar-refractivity contribution is 6.39. The van der Waals surface area contributed by atoms with Gasteiger partial charge in [-0.3, -0.25) is 14.4 Å². The van der Waals surface area contributed by atoms with Crippen molar-refractivity contribution in [1.82, 2.24) is 4.90 Å². The van der Waals surface area contributed by atoms with E-state index in [1.165, 1.54) is 7.11 Å². The number of hydrogen-bond acceptors (Lipinski definition) is 12. The Labute approximate surface area is 325 Å². The third-order valence-corrected chi connectivity index (χ3v) is 12.3. The summed E-state index contributed by atoms with van der Waals surface area (Å²) in [7, 11) is 1.46. The minimum absolute atomic E-state index is 0.0190. The van der Waals surface area contributed by atoms with Crippen LogP contribution >= 0.6 is 0 Å². The van der Waals surface area contributed by atoms with E-state index in [-0.39, 0.29) is 43.4 Å². The fraction of sp³-hybridized carbons (Fsp3) is 0.762. The number of fused-ring (bicyclic) bond motifs is 3. The van der Waals surface area contributed by atoms with Gasteiger partial charge in [0.05, 0.1) is 30.5 Å². The van der Waals surface area contributed by atoms with Gasteiger partial charge in [0.15, 0.2) is 0 Å². The molecule has 3 heterocycles. The van der Waals surface area contributed by atoms with E-state index >= 15 is 0 Å². The zero-order valence-corrected chi connectivity index (χ0v) is 33.5. The van der Waals surface area contributed by atoms with Crippen LogP contribution in [-0.4, -0.2) is 122 Å². The Hall–Kier alpha value is -2.78. The first kappa shape index (κ1) is 44.9. The molecule has 2 bridgehead atoms. The molecule has 3 fully saturated rings. The molecule has 310 valence electrons. The lowest BCUT2D eigenvalue weighted by Gasteiger charge is -2.37. The van der Waals surface area contributed by atoms with Gasteiger partial charge >= 0.3 is 5.97 Å². The topological polar surface area (TPSA) is 200 Å². The summed E-state index contributed by atoms with van der Waals surface area (Å²) in [6, 6.07) is -1.18. The Kier molecular flexibility index (Phi) is 16.0. The highest BCUT2D eigenvalue weighted by Crippen LogP contribution is 2.39. The van der Waals surface area contributed by atoms with E-state index in [2.05, 4.69) is 6.58 Å². The number of ketones is 2. The molecule has 0 spiro atoms. The van der Waals surface area contributed by atoms with Crippen molar-refractivity contribution in [1.29, 1.82) is 0 Å². The van der Waals surface area contributed by atoms with Gasteiger partial charge in [-0.1, -0.05) is 44.6 Å². The number of rotatable bonds is 5. The lowest BCUT2D eigenvalue weighted by molar-refractivity contribution is -0.225. The number of amides is 1. The maximum Gasteiger partial charge on any atom is 0.329 e. The molecular formula is C42H65NO12. The molecule has 0 radical (unpaired) electrons. The number of aliphatic hydroxyl groups is 5. The molecule has 3 aliphatic heterocycles. The Morgan fingerprint density at radius 2 is 1.69 bits per heavy atom. The summed E-state index contributed by atoms with van der Waals surface area (Å²) < 4.78 is 17.7. The maximum absolute atomic E-state index is 14.1. The number of methoxy groups -OCH3 is 1. The minimum atomic E-state index is -2.54. The predicted octanol–water partition coefficient (Wildman–Crippen LogP) is 3.33. The lowest BCUT2D eigenvalue weighted by Crippen LogP contribution is -2.57. The number of hydrogen-bond donors (Lipinski definition) is 5. The first-order valence-corrected chi connectivity index (χ1v) is 20.1. The summed E-state index contributed by atoms with van der Waals surface area (Å²) in [6.07, 6.45) is 2.09. The van der Waals surface area contributed by atoms with Crippen LogP contribution in [0.5, 0.6) is 0 Å². The Morgan fingerprint density at radius 1 is 0.982 bits per heavy atom. The monoisotopic (exact) mass is 775 g/mol. The van der Waals surface area contributed by atoms with Crippen molar-refractivity contribution in [3.05, 3.63) is 36.0 Å². The van der Waals surface area contributed by atoms with Crippen molar-refractivity contribution in [3.8, 4) is 0 Å². The summed E-state index contributed by atoms with van der Waals surface area (Å²) in [4.78, 5) is 56.9. The smallest absolute Gasteiger partial charge is 0.329 e. The zero-order valence-electron chi connectivity index (χ0n) is 33.5. The highest BCUT2D eigenvalue weighted by atomic mass is 16.7. The number of piperidine rings is 1. The molecule has 5 N–H and O–H groups in total. The van der Waals surface area contributed by atoms with Gasteiger partial charge < -0.3 is 44.6 Å². The molecule has 55 heavy (non-hydrogen) atoms. The van der Waals surface area contributed by atoms with Crippen LogP contribution in [0.4, 0.5) is 0 Å². The molecule has 1 amide bonds. The SMILES string of the molecule is C=CCC1C=C(C)CC(C)CC(OC)C(O)C2CC(C)C(O)(O2)C(=O)C(=O)N2CCCCC2C(=O)OC(C(C)=CC2CCC(O)C(O)C2)C(C)C(O)CC1=O. The van der Waals surface area contributed by atoms with Gasteiger partial charge in [0, 0.05) is 37.8 Å². The summed E-state index contributed by atoms with van der Waals surface area (Å²) in [6.45, 7) is 12.8. The number of nitrogens with zero attached hydrogens (tertiary/aromatic N) is 1. The number of Topliss-reactive ketones (excluding diaryl/α,β-unsaturated/α-hetero) is 2. The quantitative estimate of drug-likeness (QED) is 0.155. The van der Waals surface area contributed by atoms with Crippen LogP contribution in [0.25, 0.3) is 0 Å². The van der Waals surface area contributed by atoms with Crippen molar-refractivity contribution < 1.29 is 58.9 Å². The third kappa shape index (κ3) is 10.8. The average molecular weight is 776 g/mol. The summed E-state index contributed by atoms with van der Waals surface area (Å²) in [5, 5.41) is 55.1. The van der Waals surface area contributed by atoms with E-state index in [1.807, 2.05) is 26.0 Å². The van der Waals surface area contributed by atoms with Crippen molar-refractivity contribution in [2.75, 3.05) is 13.7 Å². The normalized spacial score (nSPS) is 41.1. The molecule has 4 rings (SSSR count). The minimum Gasteiger partial charge on any atom is -0.456 e. The third-order valence-electron chi connectivity index (χ3n) is 12.3. The molecule has 13 heteroatoms. The fourth-order valence-corrected chi connectivity index (χ4v) is 8.96. The summed E-state index contributed by atoms with van der Waals surface area (Å²) in [5.41, 5.74) is 1.50. The van der Waals surface area contributed by atoms with Crippen molar-refractivity contribution in [3.63, 3.8) is 0 Å². The molecule has 0 aromatic rings. The van der Waals surface area contributed by atoms with E-state index in [0.29, 0.717) is 56.9 Å². The van der Waals surface area contributed by atoms with Crippen LogP contribution in [0.2, 0.25) is 0 Å². The van der Waals surface area contributed by atoms with Crippen molar-refractivity contribution in [2.24, 2.45) is 29.6 Å². The number of carbonyl (C=O) groups excluding carboxylic acids is 4. The van der Waals surface area contributed by atoms with Crippen LogP contribution in [0, 0.1) is 29.6 Å². The molecule has 0 aromatic carbocycles. The molecule has 4 aliphatic rings. The molecule has 14 atom stereocenters. The largest absolute Gasteiger partial charge is 0.456 e. The van der Waals surface area contributed by atoms with E-state index < -0.39 is 90.0 Å². The van der Waals surface area contributed by atoms with Gasteiger partial charge in [0.25, 0.3) is 11.7 Å². The number of ether oxygens (including phenoxy) is 3. The van der Waals surface area contributed by atoms with Crippen LogP contribution in [0.3, 0.4) is 0 Å². The summed E-state index contributed by atoms with van der Waals surface area (Å²) >= 11 is 0. The first-order valence-electron chi connectivity index (χ1n) is 20.1. The standard InChI is InChI=1S/C42H65NO12/c1-8-11-29-17-23(2)16-24(3)18-35(53-7)37(48)36-20-26(5)42(52,55-36)39(49)40(50)43-15-10-9-12-30(43)41(51)54-38(27(6)32(45)22-33(29)46)25(4)19-28-13-14-31(44)34(47)21-28/h8,17,19,24,26-32,34-38,44-45,47-48,52H,1,9-16,18,20-22H2,2-7H3. The van der Waals surface area contributed by atoms with Gasteiger partial charge in [-0.25, -0.2) is 4.79 Å². The maximum atomic E-state index is 14.1. The van der Waals surface area contributed by atoms with Gasteiger partial charge in [0.1, 0.15) is 24.0 Å². The Balaban J connectivity index is 1.74. The van der Waals surface area contributed by atoms with E-state index in [9.17, 15) is 44.7 Å². The van der Waals surface area contributed by atoms with E-state index in [0.717, 1.165) is 10.5 Å². The van der Waals surface area contributed by atoms with Gasteiger partial charge in [-0.15, -0.1) is 6.58 Å². The second-order valence-corrected chi connectivity index (χ2v) is 16.9. The van der Waals surface area contributed by atoms with Crippen LogP contribution in [-0.2, 0) is 33.4 Å². The van der Waals surface area contributed by atoms with Crippen molar-refractivity contribution >= 4 is 23.4 Å². The predicted molar refractivity (Wildman–Crippen MR) is 203 cm³/mol. The van der Waals surface area contributed by atoms with E-state index in [1.54, 1.807) is 26.8 Å². The lowest BCUT2D eigenvalue weighted by atomic mass is 9.82. The average Bonchev–Trinajstić information content (AvgIpc) is 3.46. The van der Waals surface area contributed by atoms with Gasteiger partial charge in [-0.2, -0.15) is 0 Å². The highest BCUT2D eigenvalue weighted by Gasteiger charge is 2.57. The van der Waals surface area contributed by atoms with E-state index in [4.69, 9.17) is 14.2 Å². The van der Waals surface area contributed by atoms with Crippen LogP contribution < -0.4 is 0 Å². The molecule has 2 saturated heterocycles. The second kappa shape index (κ2) is 19.6. The molecule has 1 aliphatic carbocycles. The number of allylic oxidation sites excluding steroid dienone is 4. The molecule has 14 unspecified atom stereocenters. The van der Waals surface area contributed by atoms with Crippen molar-refractivity contribution in [2.45, 2.75) is 160 Å². The molecule has 0 aromatic heterocycles. The molecular weight excluding hydrogens is 710 g/mol. The first-order chi connectivity index (χ1) is 25.9. The Bertz CT molecular complexity index is 1440. The number of esters is 1. The number of aliphatic hydroxyl groups excluding tert-OH is 4.